The van der Waals surface area contributed by atoms with Crippen LogP contribution in [0, 0.1) is 5.92 Å². The molecule has 2 amide bonds. The molecular formula is C25H31N3O2. The summed E-state index contributed by atoms with van der Waals surface area (Å²) in [6.45, 7) is 3.57. The number of hydrogen-bond donors (Lipinski definition) is 1. The van der Waals surface area contributed by atoms with E-state index in [0.29, 0.717) is 19.6 Å². The summed E-state index contributed by atoms with van der Waals surface area (Å²) in [5, 5.41) is 3.06. The van der Waals surface area contributed by atoms with Crippen LogP contribution in [0.5, 0.6) is 0 Å². The Morgan fingerprint density at radius 3 is 2.33 bits per heavy atom. The van der Waals surface area contributed by atoms with Crippen molar-refractivity contribution in [1.29, 1.82) is 0 Å². The highest BCUT2D eigenvalue weighted by Gasteiger charge is 2.26. The Kier molecular flexibility index (Phi) is 8.21. The summed E-state index contributed by atoms with van der Waals surface area (Å²) in [5.41, 5.74) is 2.28. The minimum atomic E-state index is -0.00779. The van der Waals surface area contributed by atoms with Gasteiger partial charge in [0.15, 0.2) is 0 Å². The summed E-state index contributed by atoms with van der Waals surface area (Å²) in [4.78, 5) is 28.9. The molecule has 0 aromatic heterocycles. The lowest BCUT2D eigenvalue weighted by atomic mass is 9.96. The number of rotatable bonds is 8. The number of hydrogen-bond acceptors (Lipinski definition) is 3. The molecule has 0 saturated carbocycles. The molecule has 1 saturated heterocycles. The van der Waals surface area contributed by atoms with Gasteiger partial charge in [-0.2, -0.15) is 0 Å². The Balaban J connectivity index is 1.34. The van der Waals surface area contributed by atoms with Crippen molar-refractivity contribution in [1.82, 2.24) is 15.1 Å². The predicted molar refractivity (Wildman–Crippen MR) is 121 cm³/mol. The van der Waals surface area contributed by atoms with Crippen molar-refractivity contribution in [3.63, 3.8) is 0 Å². The topological polar surface area (TPSA) is 52.7 Å². The predicted octanol–water partition coefficient (Wildman–Crippen LogP) is 3.19. The summed E-state index contributed by atoms with van der Waals surface area (Å²) in [6, 6.07) is 20.1. The van der Waals surface area contributed by atoms with Gasteiger partial charge in [0.1, 0.15) is 0 Å². The van der Waals surface area contributed by atoms with E-state index in [1.165, 1.54) is 5.56 Å². The molecule has 1 heterocycles. The molecule has 30 heavy (non-hydrogen) atoms. The summed E-state index contributed by atoms with van der Waals surface area (Å²) < 4.78 is 0. The van der Waals surface area contributed by atoms with Crippen molar-refractivity contribution in [2.24, 2.45) is 5.92 Å². The van der Waals surface area contributed by atoms with E-state index in [0.717, 1.165) is 31.5 Å². The number of carbonyl (C=O) groups excluding carboxylic acids is 2. The number of likely N-dealkylation sites (tertiary alicyclic amines) is 1. The van der Waals surface area contributed by atoms with Crippen LogP contribution in [0.4, 0.5) is 0 Å². The number of nitrogens with one attached hydrogen (secondary N) is 1. The van der Waals surface area contributed by atoms with Crippen molar-refractivity contribution in [3.8, 4) is 0 Å². The van der Waals surface area contributed by atoms with Crippen molar-refractivity contribution >= 4 is 17.9 Å². The fraction of sp³-hybridized carbons (Fsp3) is 0.360. The number of amides is 2. The average molecular weight is 406 g/mol. The molecule has 158 valence electrons. The van der Waals surface area contributed by atoms with E-state index in [1.807, 2.05) is 59.5 Å². The second-order valence-electron chi connectivity index (χ2n) is 7.86. The van der Waals surface area contributed by atoms with E-state index in [1.54, 1.807) is 6.08 Å². The van der Waals surface area contributed by atoms with Crippen molar-refractivity contribution in [2.75, 3.05) is 33.2 Å². The first-order chi connectivity index (χ1) is 14.6. The van der Waals surface area contributed by atoms with E-state index >= 15 is 0 Å². The van der Waals surface area contributed by atoms with Crippen LogP contribution in [0.25, 0.3) is 6.08 Å². The monoisotopic (exact) mass is 405 g/mol. The van der Waals surface area contributed by atoms with Gasteiger partial charge in [0.2, 0.25) is 11.8 Å². The van der Waals surface area contributed by atoms with Crippen molar-refractivity contribution in [2.45, 2.75) is 19.4 Å². The molecule has 1 aliphatic rings. The lowest BCUT2D eigenvalue weighted by Crippen LogP contribution is -2.43. The fourth-order valence-electron chi connectivity index (χ4n) is 3.69. The molecule has 1 aliphatic heterocycles. The Labute approximate surface area is 179 Å². The summed E-state index contributed by atoms with van der Waals surface area (Å²) in [5.74, 6) is 0.113. The molecule has 0 aliphatic carbocycles. The lowest BCUT2D eigenvalue weighted by molar-refractivity contribution is -0.132. The van der Waals surface area contributed by atoms with Crippen LogP contribution < -0.4 is 5.32 Å². The molecule has 1 N–H and O–H groups in total. The minimum absolute atomic E-state index is 0.00779. The standard InChI is InChI=1S/C25H31N3O2/c1-27(20-22-10-6-3-7-11-22)19-16-26-25(30)23-14-17-28(18-15-23)24(29)13-12-21-8-4-2-5-9-21/h2-13,23H,14-20H2,1H3,(H,26,30)/b13-12+. The molecule has 2 aromatic rings. The molecule has 0 unspecified atom stereocenters. The zero-order valence-corrected chi connectivity index (χ0v) is 17.7. The molecule has 3 rings (SSSR count). The normalized spacial score (nSPS) is 14.9. The number of benzene rings is 2. The van der Waals surface area contributed by atoms with Crippen LogP contribution in [0.1, 0.15) is 24.0 Å². The fourth-order valence-corrected chi connectivity index (χ4v) is 3.69. The molecular weight excluding hydrogens is 374 g/mol. The van der Waals surface area contributed by atoms with Crippen LogP contribution >= 0.6 is 0 Å². The van der Waals surface area contributed by atoms with Gasteiger partial charge in [-0.1, -0.05) is 60.7 Å². The van der Waals surface area contributed by atoms with Crippen LogP contribution in [-0.4, -0.2) is 54.8 Å². The quantitative estimate of drug-likeness (QED) is 0.687. The molecule has 0 spiro atoms. The minimum Gasteiger partial charge on any atom is -0.355 e. The molecule has 1 fully saturated rings. The van der Waals surface area contributed by atoms with Gasteiger partial charge in [0.25, 0.3) is 0 Å². The second-order valence-corrected chi connectivity index (χ2v) is 7.86. The first-order valence-corrected chi connectivity index (χ1v) is 10.6. The SMILES string of the molecule is CN(CCNC(=O)C1CCN(C(=O)/C=C/c2ccccc2)CC1)Cc1ccccc1. The van der Waals surface area contributed by atoms with E-state index in [2.05, 4.69) is 29.4 Å². The Hall–Kier alpha value is -2.92. The summed E-state index contributed by atoms with van der Waals surface area (Å²) in [7, 11) is 2.06. The maximum atomic E-state index is 12.5. The number of carbonyl (C=O) groups is 2. The van der Waals surface area contributed by atoms with Gasteiger partial charge in [-0.25, -0.2) is 0 Å². The highest BCUT2D eigenvalue weighted by atomic mass is 16.2. The first kappa shape index (κ1) is 21.8. The lowest BCUT2D eigenvalue weighted by Gasteiger charge is -2.30. The van der Waals surface area contributed by atoms with E-state index in [4.69, 9.17) is 0 Å². The van der Waals surface area contributed by atoms with Gasteiger partial charge < -0.3 is 15.1 Å². The van der Waals surface area contributed by atoms with Crippen molar-refractivity contribution in [3.05, 3.63) is 77.9 Å². The average Bonchev–Trinajstić information content (AvgIpc) is 2.79. The summed E-state index contributed by atoms with van der Waals surface area (Å²) in [6.07, 6.45) is 4.90. The van der Waals surface area contributed by atoms with Gasteiger partial charge in [0.05, 0.1) is 0 Å². The van der Waals surface area contributed by atoms with E-state index in [9.17, 15) is 9.59 Å². The van der Waals surface area contributed by atoms with Gasteiger partial charge in [-0.3, -0.25) is 9.59 Å². The molecule has 0 radical (unpaired) electrons. The highest BCUT2D eigenvalue weighted by Crippen LogP contribution is 2.18. The smallest absolute Gasteiger partial charge is 0.246 e. The Morgan fingerprint density at radius 2 is 1.67 bits per heavy atom. The number of likely N-dealkylation sites (N-methyl/N-ethyl adjacent to an activating group) is 1. The molecule has 5 heteroatoms. The first-order valence-electron chi connectivity index (χ1n) is 10.6. The zero-order valence-electron chi connectivity index (χ0n) is 17.7. The maximum Gasteiger partial charge on any atom is 0.246 e. The van der Waals surface area contributed by atoms with Crippen LogP contribution in [-0.2, 0) is 16.1 Å². The maximum absolute atomic E-state index is 12.5. The van der Waals surface area contributed by atoms with Gasteiger partial charge in [-0.15, -0.1) is 0 Å². The third kappa shape index (κ3) is 6.85. The molecule has 0 bridgehead atoms. The Morgan fingerprint density at radius 1 is 1.03 bits per heavy atom. The summed E-state index contributed by atoms with van der Waals surface area (Å²) >= 11 is 0. The molecule has 2 aromatic carbocycles. The Bertz CT molecular complexity index is 828. The van der Waals surface area contributed by atoms with Gasteiger partial charge in [0, 0.05) is 44.7 Å². The van der Waals surface area contributed by atoms with E-state index in [-0.39, 0.29) is 17.7 Å². The van der Waals surface area contributed by atoms with Crippen molar-refractivity contribution < 1.29 is 9.59 Å². The molecule has 0 atom stereocenters. The van der Waals surface area contributed by atoms with Gasteiger partial charge in [-0.05, 0) is 37.1 Å². The second kappa shape index (κ2) is 11.3. The van der Waals surface area contributed by atoms with Crippen LogP contribution in [0.2, 0.25) is 0 Å². The van der Waals surface area contributed by atoms with Crippen LogP contribution in [0.15, 0.2) is 66.7 Å². The third-order valence-corrected chi connectivity index (χ3v) is 5.48. The number of piperidine rings is 1. The zero-order chi connectivity index (χ0) is 21.2. The third-order valence-electron chi connectivity index (χ3n) is 5.48. The highest BCUT2D eigenvalue weighted by molar-refractivity contribution is 5.92. The van der Waals surface area contributed by atoms with E-state index < -0.39 is 0 Å². The molecule has 5 nitrogen and oxygen atoms in total. The largest absolute Gasteiger partial charge is 0.355 e. The van der Waals surface area contributed by atoms with Crippen LogP contribution in [0.3, 0.4) is 0 Å². The number of nitrogens with zero attached hydrogens (tertiary/aromatic N) is 2. The van der Waals surface area contributed by atoms with Gasteiger partial charge >= 0.3 is 0 Å².